The number of halogens is 1. The number of hydrogen-bond donors (Lipinski definition) is 2. The van der Waals surface area contributed by atoms with Gasteiger partial charge in [0.15, 0.2) is 0 Å². The number of aromatic nitrogens is 2. The SMILES string of the molecule is Cc1[nH]ncc1S(=O)(=O)NCCCCl. The summed E-state index contributed by atoms with van der Waals surface area (Å²) in [6, 6.07) is 0. The van der Waals surface area contributed by atoms with E-state index in [1.807, 2.05) is 0 Å². The lowest BCUT2D eigenvalue weighted by Gasteiger charge is -2.03. The predicted molar refractivity (Wildman–Crippen MR) is 53.9 cm³/mol. The van der Waals surface area contributed by atoms with Crippen LogP contribution < -0.4 is 4.72 Å². The second-order valence-corrected chi connectivity index (χ2v) is 4.91. The Morgan fingerprint density at radius 2 is 2.36 bits per heavy atom. The molecule has 0 atom stereocenters. The third kappa shape index (κ3) is 2.70. The first-order valence-electron chi connectivity index (χ1n) is 4.13. The van der Waals surface area contributed by atoms with E-state index in [4.69, 9.17) is 11.6 Å². The van der Waals surface area contributed by atoms with Crippen LogP contribution in [0.4, 0.5) is 0 Å². The molecule has 0 aliphatic heterocycles. The van der Waals surface area contributed by atoms with Crippen LogP contribution in [0.3, 0.4) is 0 Å². The molecule has 14 heavy (non-hydrogen) atoms. The Kier molecular flexibility index (Phi) is 3.91. The summed E-state index contributed by atoms with van der Waals surface area (Å²) in [6.07, 6.45) is 1.90. The van der Waals surface area contributed by atoms with Crippen molar-refractivity contribution in [3.8, 4) is 0 Å². The molecule has 0 amide bonds. The van der Waals surface area contributed by atoms with Crippen LogP contribution in [0.25, 0.3) is 0 Å². The maximum absolute atomic E-state index is 11.6. The summed E-state index contributed by atoms with van der Waals surface area (Å²) < 4.78 is 25.6. The van der Waals surface area contributed by atoms with Gasteiger partial charge in [-0.2, -0.15) is 5.10 Å². The third-order valence-electron chi connectivity index (χ3n) is 1.68. The van der Waals surface area contributed by atoms with Crippen LogP contribution in [0.2, 0.25) is 0 Å². The van der Waals surface area contributed by atoms with Crippen LogP contribution >= 0.6 is 11.6 Å². The van der Waals surface area contributed by atoms with Crippen LogP contribution in [0.15, 0.2) is 11.1 Å². The topological polar surface area (TPSA) is 74.8 Å². The van der Waals surface area contributed by atoms with E-state index in [2.05, 4.69) is 14.9 Å². The van der Waals surface area contributed by atoms with Crippen molar-refractivity contribution < 1.29 is 8.42 Å². The van der Waals surface area contributed by atoms with Gasteiger partial charge in [0.25, 0.3) is 0 Å². The highest BCUT2D eigenvalue weighted by atomic mass is 35.5. The van der Waals surface area contributed by atoms with Crippen LogP contribution in [0.1, 0.15) is 12.1 Å². The highest BCUT2D eigenvalue weighted by molar-refractivity contribution is 7.89. The number of hydrogen-bond acceptors (Lipinski definition) is 3. The fraction of sp³-hybridized carbons (Fsp3) is 0.571. The summed E-state index contributed by atoms with van der Waals surface area (Å²) >= 11 is 5.43. The Bertz CT molecular complexity index is 387. The number of aryl methyl sites for hydroxylation is 1. The molecule has 80 valence electrons. The summed E-state index contributed by atoms with van der Waals surface area (Å²) in [4.78, 5) is 0.187. The molecule has 0 aliphatic rings. The third-order valence-corrected chi connectivity index (χ3v) is 3.52. The van der Waals surface area contributed by atoms with E-state index < -0.39 is 10.0 Å². The maximum atomic E-state index is 11.6. The fourth-order valence-corrected chi connectivity index (χ4v) is 2.30. The van der Waals surface area contributed by atoms with Gasteiger partial charge in [0.2, 0.25) is 10.0 Å². The first-order chi connectivity index (χ1) is 6.58. The van der Waals surface area contributed by atoms with E-state index in [0.717, 1.165) is 0 Å². The van der Waals surface area contributed by atoms with E-state index in [0.29, 0.717) is 24.5 Å². The molecular formula is C7H12ClN3O2S. The Morgan fingerprint density at radius 1 is 1.64 bits per heavy atom. The van der Waals surface area contributed by atoms with Crippen molar-refractivity contribution in [2.45, 2.75) is 18.2 Å². The quantitative estimate of drug-likeness (QED) is 0.583. The summed E-state index contributed by atoms with van der Waals surface area (Å²) in [5.74, 6) is 0.437. The number of sulfonamides is 1. The maximum Gasteiger partial charge on any atom is 0.243 e. The van der Waals surface area contributed by atoms with Gasteiger partial charge in [-0.15, -0.1) is 11.6 Å². The number of rotatable bonds is 5. The van der Waals surface area contributed by atoms with Gasteiger partial charge in [-0.3, -0.25) is 5.10 Å². The van der Waals surface area contributed by atoms with Crippen molar-refractivity contribution in [1.29, 1.82) is 0 Å². The molecule has 2 N–H and O–H groups in total. The summed E-state index contributed by atoms with van der Waals surface area (Å²) in [6.45, 7) is 2.00. The fourth-order valence-electron chi connectivity index (χ4n) is 0.962. The van der Waals surface area contributed by atoms with E-state index in [1.54, 1.807) is 6.92 Å². The van der Waals surface area contributed by atoms with E-state index in [9.17, 15) is 8.42 Å². The molecule has 7 heteroatoms. The van der Waals surface area contributed by atoms with Crippen molar-refractivity contribution in [2.75, 3.05) is 12.4 Å². The largest absolute Gasteiger partial charge is 0.281 e. The lowest BCUT2D eigenvalue weighted by atomic mass is 10.5. The predicted octanol–water partition coefficient (Wildman–Crippen LogP) is 0.625. The minimum Gasteiger partial charge on any atom is -0.281 e. The minimum atomic E-state index is -3.42. The van der Waals surface area contributed by atoms with Crippen molar-refractivity contribution in [3.05, 3.63) is 11.9 Å². The standard InChI is InChI=1S/C7H12ClN3O2S/c1-6-7(5-9-11-6)14(12,13)10-4-2-3-8/h5,10H,2-4H2,1H3,(H,9,11). The van der Waals surface area contributed by atoms with Gasteiger partial charge in [0.1, 0.15) is 4.90 Å². The molecule has 0 aliphatic carbocycles. The number of nitrogens with one attached hydrogen (secondary N) is 2. The van der Waals surface area contributed by atoms with Crippen molar-refractivity contribution in [3.63, 3.8) is 0 Å². The van der Waals surface area contributed by atoms with Crippen LogP contribution in [-0.4, -0.2) is 31.0 Å². The van der Waals surface area contributed by atoms with Crippen molar-refractivity contribution >= 4 is 21.6 Å². The smallest absolute Gasteiger partial charge is 0.243 e. The molecule has 1 rings (SSSR count). The molecular weight excluding hydrogens is 226 g/mol. The molecule has 0 fully saturated rings. The van der Waals surface area contributed by atoms with Gasteiger partial charge in [-0.25, -0.2) is 13.1 Å². The van der Waals surface area contributed by atoms with E-state index >= 15 is 0 Å². The minimum absolute atomic E-state index is 0.187. The van der Waals surface area contributed by atoms with Crippen molar-refractivity contribution in [2.24, 2.45) is 0 Å². The molecule has 5 nitrogen and oxygen atoms in total. The molecule has 0 unspecified atom stereocenters. The Hall–Kier alpha value is -0.590. The Morgan fingerprint density at radius 3 is 2.86 bits per heavy atom. The summed E-state index contributed by atoms with van der Waals surface area (Å²) in [7, 11) is -3.42. The van der Waals surface area contributed by atoms with Crippen LogP contribution in [-0.2, 0) is 10.0 Å². The molecule has 1 aromatic rings. The van der Waals surface area contributed by atoms with Gasteiger partial charge in [0, 0.05) is 12.4 Å². The summed E-state index contributed by atoms with van der Waals surface area (Å²) in [5, 5.41) is 6.22. The molecule has 0 bridgehead atoms. The average Bonchev–Trinajstić information content (AvgIpc) is 2.52. The zero-order valence-electron chi connectivity index (χ0n) is 7.75. The molecule has 0 radical (unpaired) electrons. The summed E-state index contributed by atoms with van der Waals surface area (Å²) in [5.41, 5.74) is 0.531. The average molecular weight is 238 g/mol. The molecule has 0 saturated carbocycles. The van der Waals surface area contributed by atoms with Gasteiger partial charge in [-0.1, -0.05) is 0 Å². The first-order valence-corrected chi connectivity index (χ1v) is 6.15. The van der Waals surface area contributed by atoms with Gasteiger partial charge in [-0.05, 0) is 13.3 Å². The van der Waals surface area contributed by atoms with Crippen LogP contribution in [0.5, 0.6) is 0 Å². The first kappa shape index (κ1) is 11.5. The zero-order valence-corrected chi connectivity index (χ0v) is 9.32. The molecule has 0 saturated heterocycles. The van der Waals surface area contributed by atoms with Gasteiger partial charge < -0.3 is 0 Å². The van der Waals surface area contributed by atoms with Crippen molar-refractivity contribution in [1.82, 2.24) is 14.9 Å². The highest BCUT2D eigenvalue weighted by Gasteiger charge is 2.17. The monoisotopic (exact) mass is 237 g/mol. The Labute approximate surface area is 87.9 Å². The lowest BCUT2D eigenvalue weighted by molar-refractivity contribution is 0.580. The van der Waals surface area contributed by atoms with E-state index in [-0.39, 0.29) is 4.90 Å². The number of H-pyrrole nitrogens is 1. The van der Waals surface area contributed by atoms with Crippen LogP contribution in [0, 0.1) is 6.92 Å². The Balaban J connectivity index is 2.72. The lowest BCUT2D eigenvalue weighted by Crippen LogP contribution is -2.25. The van der Waals surface area contributed by atoms with Gasteiger partial charge in [0.05, 0.1) is 11.9 Å². The van der Waals surface area contributed by atoms with E-state index in [1.165, 1.54) is 6.20 Å². The highest BCUT2D eigenvalue weighted by Crippen LogP contribution is 2.10. The number of alkyl halides is 1. The number of aromatic amines is 1. The molecule has 0 aromatic carbocycles. The normalized spacial score (nSPS) is 11.9. The molecule has 1 heterocycles. The molecule has 0 spiro atoms. The second-order valence-electron chi connectivity index (χ2n) is 2.80. The van der Waals surface area contributed by atoms with Gasteiger partial charge >= 0.3 is 0 Å². The number of nitrogens with zero attached hydrogens (tertiary/aromatic N) is 1. The zero-order chi connectivity index (χ0) is 10.6. The second kappa shape index (κ2) is 4.77. The molecule has 1 aromatic heterocycles.